The summed E-state index contributed by atoms with van der Waals surface area (Å²) in [5, 5.41) is 0. The van der Waals surface area contributed by atoms with Crippen molar-refractivity contribution in [1.82, 2.24) is 0 Å². The monoisotopic (exact) mass is 448 g/mol. The molecule has 2 heterocycles. The topological polar surface area (TPSA) is 57.9 Å². The van der Waals surface area contributed by atoms with Crippen molar-refractivity contribution in [3.8, 4) is 11.5 Å². The molecule has 0 amide bonds. The van der Waals surface area contributed by atoms with Gasteiger partial charge in [-0.2, -0.15) is 17.6 Å². The Morgan fingerprint density at radius 3 is 2.26 bits per heavy atom. The summed E-state index contributed by atoms with van der Waals surface area (Å²) in [5.41, 5.74) is -3.36. The molecular weight excluding hydrogens is 427 g/mol. The van der Waals surface area contributed by atoms with Crippen LogP contribution in [0.5, 0.6) is 11.5 Å². The van der Waals surface area contributed by atoms with Gasteiger partial charge in [-0.05, 0) is 19.9 Å². The van der Waals surface area contributed by atoms with Crippen LogP contribution in [0.4, 0.5) is 22.0 Å². The van der Waals surface area contributed by atoms with E-state index in [4.69, 9.17) is 18.6 Å². The Morgan fingerprint density at radius 2 is 1.71 bits per heavy atom. The van der Waals surface area contributed by atoms with E-state index in [1.54, 1.807) is 0 Å². The number of aryl methyl sites for hydroxylation is 1. The molecule has 10 heteroatoms. The van der Waals surface area contributed by atoms with E-state index in [0.717, 1.165) is 32.2 Å². The van der Waals surface area contributed by atoms with Gasteiger partial charge in [0.15, 0.2) is 22.9 Å². The van der Waals surface area contributed by atoms with Crippen LogP contribution in [0.1, 0.15) is 43.0 Å². The number of rotatable bonds is 4. The fourth-order valence-electron chi connectivity index (χ4n) is 4.05. The van der Waals surface area contributed by atoms with E-state index in [1.807, 2.05) is 0 Å². The summed E-state index contributed by atoms with van der Waals surface area (Å²) in [7, 11) is 2.24. The molecule has 1 aromatic heterocycles. The second-order valence-electron chi connectivity index (χ2n) is 7.56. The highest BCUT2D eigenvalue weighted by Gasteiger charge is 2.65. The van der Waals surface area contributed by atoms with Gasteiger partial charge in [0.25, 0.3) is 0 Å². The lowest BCUT2D eigenvalue weighted by Crippen LogP contribution is -2.46. The Morgan fingerprint density at radius 1 is 1.10 bits per heavy atom. The molecule has 0 radical (unpaired) electrons. The van der Waals surface area contributed by atoms with Crippen LogP contribution in [-0.4, -0.2) is 26.0 Å². The summed E-state index contributed by atoms with van der Waals surface area (Å²) >= 11 is 0. The van der Waals surface area contributed by atoms with E-state index >= 15 is 0 Å². The minimum Gasteiger partial charge on any atom is -0.493 e. The Balaban J connectivity index is 2.32. The molecule has 3 rings (SSSR count). The lowest BCUT2D eigenvalue weighted by atomic mass is 9.76. The van der Waals surface area contributed by atoms with E-state index in [-0.39, 0.29) is 22.8 Å². The summed E-state index contributed by atoms with van der Waals surface area (Å²) in [4.78, 5) is 12.4. The summed E-state index contributed by atoms with van der Waals surface area (Å²) in [6, 6.07) is 3.05. The van der Waals surface area contributed by atoms with Crippen molar-refractivity contribution in [2.45, 2.75) is 44.6 Å². The summed E-state index contributed by atoms with van der Waals surface area (Å²) in [6.07, 6.45) is -6.31. The van der Waals surface area contributed by atoms with Gasteiger partial charge in [0.1, 0.15) is 11.9 Å². The predicted molar refractivity (Wildman–Crippen MR) is 99.4 cm³/mol. The quantitative estimate of drug-likeness (QED) is 0.613. The highest BCUT2D eigenvalue weighted by atomic mass is 19.4. The van der Waals surface area contributed by atoms with Crippen LogP contribution in [0.2, 0.25) is 0 Å². The van der Waals surface area contributed by atoms with Crippen LogP contribution in [0.15, 0.2) is 27.4 Å². The van der Waals surface area contributed by atoms with E-state index in [1.165, 1.54) is 21.0 Å². The average Bonchev–Trinajstić information content (AvgIpc) is 2.95. The first-order valence-electron chi connectivity index (χ1n) is 9.32. The minimum atomic E-state index is -4.82. The number of hydrogen-bond acceptors (Lipinski definition) is 5. The maximum atomic E-state index is 14.4. The third-order valence-electron chi connectivity index (χ3n) is 5.83. The van der Waals surface area contributed by atoms with E-state index in [9.17, 15) is 26.7 Å². The predicted octanol–water partition coefficient (Wildman–Crippen LogP) is 5.06. The fourth-order valence-corrected chi connectivity index (χ4v) is 4.05. The molecule has 1 aliphatic heterocycles. The third kappa shape index (κ3) is 3.56. The first-order chi connectivity index (χ1) is 14.4. The maximum absolute atomic E-state index is 14.4. The fraction of sp³-hybridized carbons (Fsp3) is 0.476. The van der Waals surface area contributed by atoms with E-state index in [2.05, 4.69) is 0 Å². The first-order valence-corrected chi connectivity index (χ1v) is 9.32. The van der Waals surface area contributed by atoms with Crippen molar-refractivity contribution in [3.63, 3.8) is 0 Å². The zero-order valence-electron chi connectivity index (χ0n) is 17.4. The number of hydrogen-bond donors (Lipinski definition) is 0. The average molecular weight is 448 g/mol. The molecule has 31 heavy (non-hydrogen) atoms. The van der Waals surface area contributed by atoms with Crippen LogP contribution in [0.25, 0.3) is 0 Å². The molecule has 1 fully saturated rings. The van der Waals surface area contributed by atoms with Crippen molar-refractivity contribution in [2.75, 3.05) is 14.2 Å². The molecule has 5 nitrogen and oxygen atoms in total. The Hall–Kier alpha value is -2.62. The second kappa shape index (κ2) is 7.81. The van der Waals surface area contributed by atoms with Crippen LogP contribution in [0, 0.1) is 24.5 Å². The molecule has 2 aromatic rings. The molecule has 1 aliphatic rings. The molecule has 170 valence electrons. The molecular formula is C21H21F5O5. The van der Waals surface area contributed by atoms with Gasteiger partial charge in [0, 0.05) is 23.5 Å². The van der Waals surface area contributed by atoms with Gasteiger partial charge >= 0.3 is 6.18 Å². The SMILES string of the molecule is COc1c([C@H]2C(c3oc(C)cc(=O)c3OC)O[C@@](C)(C(F)(F)F)[C@H]2C)ccc(F)c1F. The minimum absolute atomic E-state index is 0.0573. The van der Waals surface area contributed by atoms with E-state index < -0.39 is 52.5 Å². The van der Waals surface area contributed by atoms with Crippen molar-refractivity contribution in [3.05, 3.63) is 57.1 Å². The normalized spacial score (nSPS) is 26.2. The lowest BCUT2D eigenvalue weighted by molar-refractivity contribution is -0.276. The number of methoxy groups -OCH3 is 2. The standard InChI is InChI=1S/C21H21F5O5/c1-9-8-13(27)17(29-5)19(30-9)18-14(10(2)20(3,31-18)21(24,25)26)11-6-7-12(22)15(23)16(11)28-4/h6-8,10,14,18H,1-5H3/t10-,14-,18?,20+/m0/s1. The molecule has 4 atom stereocenters. The Labute approximate surface area is 174 Å². The van der Waals surface area contributed by atoms with Gasteiger partial charge in [0.2, 0.25) is 17.0 Å². The van der Waals surface area contributed by atoms with Crippen molar-refractivity contribution in [1.29, 1.82) is 0 Å². The molecule has 0 saturated carbocycles. The number of benzene rings is 1. The van der Waals surface area contributed by atoms with Gasteiger partial charge in [-0.15, -0.1) is 0 Å². The summed E-state index contributed by atoms with van der Waals surface area (Å²) in [6.45, 7) is 3.58. The summed E-state index contributed by atoms with van der Waals surface area (Å²) in [5.74, 6) is -6.11. The zero-order valence-corrected chi connectivity index (χ0v) is 17.4. The smallest absolute Gasteiger partial charge is 0.417 e. The van der Waals surface area contributed by atoms with Crippen LogP contribution in [0.3, 0.4) is 0 Å². The van der Waals surface area contributed by atoms with Gasteiger partial charge in [-0.3, -0.25) is 4.79 Å². The van der Waals surface area contributed by atoms with Gasteiger partial charge in [-0.1, -0.05) is 13.0 Å². The molecule has 1 aromatic carbocycles. The Bertz CT molecular complexity index is 1050. The molecule has 1 unspecified atom stereocenters. The van der Waals surface area contributed by atoms with Crippen molar-refractivity contribution in [2.24, 2.45) is 5.92 Å². The van der Waals surface area contributed by atoms with Crippen molar-refractivity contribution >= 4 is 0 Å². The van der Waals surface area contributed by atoms with Gasteiger partial charge < -0.3 is 18.6 Å². The molecule has 0 bridgehead atoms. The highest BCUT2D eigenvalue weighted by Crippen LogP contribution is 2.60. The van der Waals surface area contributed by atoms with Crippen molar-refractivity contribution < 1.29 is 40.6 Å². The molecule has 0 N–H and O–H groups in total. The van der Waals surface area contributed by atoms with Gasteiger partial charge in [0.05, 0.1) is 14.2 Å². The van der Waals surface area contributed by atoms with Crippen LogP contribution >= 0.6 is 0 Å². The van der Waals surface area contributed by atoms with E-state index in [0.29, 0.717) is 0 Å². The highest BCUT2D eigenvalue weighted by molar-refractivity contribution is 5.43. The number of ether oxygens (including phenoxy) is 3. The number of halogens is 5. The molecule has 0 aliphatic carbocycles. The third-order valence-corrected chi connectivity index (χ3v) is 5.83. The first kappa shape index (κ1) is 23.1. The largest absolute Gasteiger partial charge is 0.493 e. The molecule has 1 saturated heterocycles. The van der Waals surface area contributed by atoms with Crippen LogP contribution in [-0.2, 0) is 4.74 Å². The number of alkyl halides is 3. The van der Waals surface area contributed by atoms with Crippen LogP contribution < -0.4 is 14.9 Å². The zero-order chi connectivity index (χ0) is 23.3. The van der Waals surface area contributed by atoms with Gasteiger partial charge in [-0.25, -0.2) is 4.39 Å². The lowest BCUT2D eigenvalue weighted by Gasteiger charge is -2.32. The Kier molecular flexibility index (Phi) is 5.81. The summed E-state index contributed by atoms with van der Waals surface area (Å²) < 4.78 is 91.4. The molecule has 0 spiro atoms. The second-order valence-corrected chi connectivity index (χ2v) is 7.56. The maximum Gasteiger partial charge on any atom is 0.417 e.